The second-order valence-electron chi connectivity index (χ2n) is 6.74. The van der Waals surface area contributed by atoms with Crippen molar-refractivity contribution in [1.82, 2.24) is 9.88 Å². The number of aryl methyl sites for hydroxylation is 1. The van der Waals surface area contributed by atoms with Crippen LogP contribution in [0.15, 0.2) is 54.7 Å². The van der Waals surface area contributed by atoms with Gasteiger partial charge < -0.3 is 9.88 Å². The van der Waals surface area contributed by atoms with Gasteiger partial charge >= 0.3 is 0 Å². The summed E-state index contributed by atoms with van der Waals surface area (Å²) >= 11 is 0. The highest BCUT2D eigenvalue weighted by Crippen LogP contribution is 2.33. The Morgan fingerprint density at radius 2 is 1.74 bits per heavy atom. The van der Waals surface area contributed by atoms with Gasteiger partial charge in [-0.2, -0.15) is 0 Å². The fraction of sp³-hybridized carbons (Fsp3) is 0.333. The van der Waals surface area contributed by atoms with Crippen molar-refractivity contribution in [1.29, 1.82) is 0 Å². The Bertz CT molecular complexity index is 792. The predicted molar refractivity (Wildman–Crippen MR) is 97.1 cm³/mol. The van der Waals surface area contributed by atoms with Crippen LogP contribution < -0.4 is 5.32 Å². The molecule has 0 radical (unpaired) electrons. The minimum atomic E-state index is 0.695. The Hall–Kier alpha value is -2.06. The number of benzene rings is 2. The van der Waals surface area contributed by atoms with Crippen molar-refractivity contribution in [2.75, 3.05) is 13.1 Å². The average Bonchev–Trinajstić information content (AvgIpc) is 2.97. The van der Waals surface area contributed by atoms with Crippen LogP contribution in [-0.2, 0) is 6.54 Å². The van der Waals surface area contributed by atoms with E-state index in [1.54, 1.807) is 0 Å². The molecule has 1 fully saturated rings. The van der Waals surface area contributed by atoms with Crippen molar-refractivity contribution in [3.63, 3.8) is 0 Å². The number of hydrogen-bond acceptors (Lipinski definition) is 1. The summed E-state index contributed by atoms with van der Waals surface area (Å²) in [5.74, 6) is 0.695. The molecule has 0 unspecified atom stereocenters. The molecule has 2 nitrogen and oxygen atoms in total. The van der Waals surface area contributed by atoms with E-state index in [4.69, 9.17) is 0 Å². The third-order valence-corrected chi connectivity index (χ3v) is 5.07. The molecule has 3 aromatic rings. The molecular formula is C21H24N2. The summed E-state index contributed by atoms with van der Waals surface area (Å²) in [6.07, 6.45) is 4.90. The molecule has 2 heteroatoms. The molecule has 0 saturated carbocycles. The van der Waals surface area contributed by atoms with Crippen molar-refractivity contribution in [3.8, 4) is 0 Å². The zero-order valence-electron chi connectivity index (χ0n) is 13.8. The van der Waals surface area contributed by atoms with Crippen molar-refractivity contribution in [3.05, 3.63) is 71.4 Å². The molecule has 1 aliphatic rings. The largest absolute Gasteiger partial charge is 0.343 e. The lowest BCUT2D eigenvalue weighted by atomic mass is 9.90. The van der Waals surface area contributed by atoms with E-state index in [0.717, 1.165) is 19.6 Å². The SMILES string of the molecule is Cc1ccc(Cn2cc(C3CCNCC3)c3ccccc32)cc1. The Morgan fingerprint density at radius 3 is 2.52 bits per heavy atom. The lowest BCUT2D eigenvalue weighted by molar-refractivity contribution is 0.461. The molecule has 1 aromatic heterocycles. The third-order valence-electron chi connectivity index (χ3n) is 5.07. The number of para-hydroxylation sites is 1. The Morgan fingerprint density at radius 1 is 1.00 bits per heavy atom. The summed E-state index contributed by atoms with van der Waals surface area (Å²) in [4.78, 5) is 0. The topological polar surface area (TPSA) is 17.0 Å². The van der Waals surface area contributed by atoms with Gasteiger partial charge in [0.1, 0.15) is 0 Å². The van der Waals surface area contributed by atoms with Crippen LogP contribution >= 0.6 is 0 Å². The lowest BCUT2D eigenvalue weighted by Gasteiger charge is -2.22. The van der Waals surface area contributed by atoms with E-state index in [1.807, 2.05) is 0 Å². The number of rotatable bonds is 3. The Balaban J connectivity index is 1.73. The maximum Gasteiger partial charge on any atom is 0.0486 e. The Labute approximate surface area is 138 Å². The van der Waals surface area contributed by atoms with Gasteiger partial charge in [-0.1, -0.05) is 48.0 Å². The van der Waals surface area contributed by atoms with E-state index in [2.05, 4.69) is 71.5 Å². The first-order chi connectivity index (χ1) is 11.3. The first-order valence-corrected chi connectivity index (χ1v) is 8.65. The smallest absolute Gasteiger partial charge is 0.0486 e. The van der Waals surface area contributed by atoms with Crippen molar-refractivity contribution in [2.45, 2.75) is 32.2 Å². The number of nitrogens with zero attached hydrogens (tertiary/aromatic N) is 1. The molecule has 1 aliphatic heterocycles. The quantitative estimate of drug-likeness (QED) is 0.755. The van der Waals surface area contributed by atoms with Crippen molar-refractivity contribution < 1.29 is 0 Å². The van der Waals surface area contributed by atoms with E-state index < -0.39 is 0 Å². The van der Waals surface area contributed by atoms with Gasteiger partial charge in [-0.3, -0.25) is 0 Å². The van der Waals surface area contributed by atoms with E-state index in [-0.39, 0.29) is 0 Å². The van der Waals surface area contributed by atoms with Crippen LogP contribution in [0.1, 0.15) is 35.4 Å². The predicted octanol–water partition coefficient (Wildman–Crippen LogP) is 4.47. The van der Waals surface area contributed by atoms with Crippen LogP contribution in [0.4, 0.5) is 0 Å². The zero-order chi connectivity index (χ0) is 15.6. The number of hydrogen-bond donors (Lipinski definition) is 1. The minimum Gasteiger partial charge on any atom is -0.343 e. The molecule has 118 valence electrons. The fourth-order valence-electron chi connectivity index (χ4n) is 3.75. The van der Waals surface area contributed by atoms with Gasteiger partial charge in [0.25, 0.3) is 0 Å². The number of aromatic nitrogens is 1. The number of fused-ring (bicyclic) bond motifs is 1. The van der Waals surface area contributed by atoms with E-state index >= 15 is 0 Å². The summed E-state index contributed by atoms with van der Waals surface area (Å²) < 4.78 is 2.43. The van der Waals surface area contributed by atoms with Crippen LogP contribution in [0, 0.1) is 6.92 Å². The van der Waals surface area contributed by atoms with Gasteiger partial charge in [-0.05, 0) is 56.0 Å². The second-order valence-corrected chi connectivity index (χ2v) is 6.74. The molecule has 1 N–H and O–H groups in total. The Kier molecular flexibility index (Phi) is 3.92. The molecule has 4 rings (SSSR count). The van der Waals surface area contributed by atoms with Crippen LogP contribution in [0.2, 0.25) is 0 Å². The van der Waals surface area contributed by atoms with Crippen LogP contribution in [0.25, 0.3) is 10.9 Å². The van der Waals surface area contributed by atoms with Crippen LogP contribution in [0.5, 0.6) is 0 Å². The van der Waals surface area contributed by atoms with Gasteiger partial charge in [0.05, 0.1) is 0 Å². The molecule has 0 aliphatic carbocycles. The van der Waals surface area contributed by atoms with E-state index in [0.29, 0.717) is 5.92 Å². The van der Waals surface area contributed by atoms with Crippen LogP contribution in [0.3, 0.4) is 0 Å². The normalized spacial score (nSPS) is 16.0. The summed E-state index contributed by atoms with van der Waals surface area (Å²) in [5.41, 5.74) is 5.59. The summed E-state index contributed by atoms with van der Waals surface area (Å²) in [6.45, 7) is 5.38. The third kappa shape index (κ3) is 2.91. The first kappa shape index (κ1) is 14.5. The molecule has 1 saturated heterocycles. The van der Waals surface area contributed by atoms with Gasteiger partial charge in [0.15, 0.2) is 0 Å². The van der Waals surface area contributed by atoms with Crippen molar-refractivity contribution >= 4 is 10.9 Å². The number of piperidine rings is 1. The van der Waals surface area contributed by atoms with Crippen LogP contribution in [-0.4, -0.2) is 17.7 Å². The highest BCUT2D eigenvalue weighted by molar-refractivity contribution is 5.84. The highest BCUT2D eigenvalue weighted by atomic mass is 15.0. The summed E-state index contributed by atoms with van der Waals surface area (Å²) in [5, 5.41) is 4.91. The zero-order valence-corrected chi connectivity index (χ0v) is 13.8. The molecular weight excluding hydrogens is 280 g/mol. The standard InChI is InChI=1S/C21H24N2/c1-16-6-8-17(9-7-16)14-23-15-20(18-10-12-22-13-11-18)19-4-2-3-5-21(19)23/h2-9,15,18,22H,10-14H2,1H3. The van der Waals surface area contributed by atoms with Gasteiger partial charge in [-0.25, -0.2) is 0 Å². The minimum absolute atomic E-state index is 0.695. The molecule has 2 aromatic carbocycles. The van der Waals surface area contributed by atoms with Gasteiger partial charge in [0, 0.05) is 23.6 Å². The lowest BCUT2D eigenvalue weighted by Crippen LogP contribution is -2.26. The van der Waals surface area contributed by atoms with Gasteiger partial charge in [-0.15, -0.1) is 0 Å². The van der Waals surface area contributed by atoms with E-state index in [1.165, 1.54) is 40.4 Å². The highest BCUT2D eigenvalue weighted by Gasteiger charge is 2.19. The maximum absolute atomic E-state index is 3.48. The monoisotopic (exact) mass is 304 g/mol. The molecule has 2 heterocycles. The molecule has 0 amide bonds. The maximum atomic E-state index is 3.48. The summed E-state index contributed by atoms with van der Waals surface area (Å²) in [7, 11) is 0. The molecule has 0 spiro atoms. The van der Waals surface area contributed by atoms with Gasteiger partial charge in [0.2, 0.25) is 0 Å². The fourth-order valence-corrected chi connectivity index (χ4v) is 3.75. The van der Waals surface area contributed by atoms with E-state index in [9.17, 15) is 0 Å². The summed E-state index contributed by atoms with van der Waals surface area (Å²) in [6, 6.07) is 17.8. The van der Waals surface area contributed by atoms with Crippen molar-refractivity contribution in [2.24, 2.45) is 0 Å². The average molecular weight is 304 g/mol. The molecule has 0 bridgehead atoms. The molecule has 0 atom stereocenters. The first-order valence-electron chi connectivity index (χ1n) is 8.65. The molecule has 23 heavy (non-hydrogen) atoms. The second kappa shape index (κ2) is 6.21. The number of nitrogens with one attached hydrogen (secondary N) is 1.